The first-order chi connectivity index (χ1) is 13.4. The molecule has 0 saturated carbocycles. The van der Waals surface area contributed by atoms with E-state index in [0.29, 0.717) is 12.4 Å². The maximum Gasteiger partial charge on any atom is 0.574 e. The third-order valence-electron chi connectivity index (χ3n) is 3.75. The molecular weight excluding hydrogens is 375 g/mol. The molecule has 0 aliphatic carbocycles. The van der Waals surface area contributed by atoms with Gasteiger partial charge in [-0.3, -0.25) is 0 Å². The van der Waals surface area contributed by atoms with E-state index in [1.165, 1.54) is 25.3 Å². The van der Waals surface area contributed by atoms with Crippen LogP contribution in [0.5, 0.6) is 17.4 Å². The molecule has 2 rings (SSSR count). The highest BCUT2D eigenvalue weighted by atomic mass is 19.4. The minimum Gasteiger partial charge on any atom is -0.494 e. The molecule has 8 heteroatoms. The first-order valence-corrected chi connectivity index (χ1v) is 9.04. The summed E-state index contributed by atoms with van der Waals surface area (Å²) in [7, 11) is 0. The molecule has 0 aliphatic rings. The molecule has 0 amide bonds. The number of esters is 1. The zero-order valence-electron chi connectivity index (χ0n) is 15.5. The maximum absolute atomic E-state index is 12.1. The Morgan fingerprint density at radius 3 is 2.25 bits per heavy atom. The molecule has 5 nitrogen and oxygen atoms in total. The fraction of sp³-hybridized carbons (Fsp3) is 0.400. The van der Waals surface area contributed by atoms with Crippen LogP contribution in [0.2, 0.25) is 0 Å². The molecule has 0 radical (unpaired) electrons. The summed E-state index contributed by atoms with van der Waals surface area (Å²) in [4.78, 5) is 15.5. The highest BCUT2D eigenvalue weighted by molar-refractivity contribution is 5.91. The Morgan fingerprint density at radius 1 is 0.964 bits per heavy atom. The standard InChI is InChI=1S/C20H22F3NO4/c1-2-3-4-5-6-13-26-16-9-7-15(8-10-16)19(25)27-17-11-12-18(24-14-17)28-20(21,22)23/h7-12,14H,2-6,13H2,1H3. The van der Waals surface area contributed by atoms with E-state index in [4.69, 9.17) is 9.47 Å². The Morgan fingerprint density at radius 2 is 1.64 bits per heavy atom. The van der Waals surface area contributed by atoms with E-state index < -0.39 is 18.2 Å². The Kier molecular flexibility index (Phi) is 8.10. The number of aromatic nitrogens is 1. The van der Waals surface area contributed by atoms with Crippen LogP contribution in [0.1, 0.15) is 49.4 Å². The van der Waals surface area contributed by atoms with E-state index in [-0.39, 0.29) is 11.3 Å². The number of hydrogen-bond acceptors (Lipinski definition) is 5. The molecule has 0 atom stereocenters. The Labute approximate surface area is 161 Å². The SMILES string of the molecule is CCCCCCCOc1ccc(C(=O)Oc2ccc(OC(F)(F)F)nc2)cc1. The van der Waals surface area contributed by atoms with Crippen molar-refractivity contribution in [3.63, 3.8) is 0 Å². The third kappa shape index (κ3) is 7.85. The summed E-state index contributed by atoms with van der Waals surface area (Å²) < 4.78 is 50.6. The van der Waals surface area contributed by atoms with Crippen LogP contribution in [0.3, 0.4) is 0 Å². The van der Waals surface area contributed by atoms with Gasteiger partial charge in [0.15, 0.2) is 0 Å². The fourth-order valence-electron chi connectivity index (χ4n) is 2.35. The Balaban J connectivity index is 1.81. The molecule has 0 bridgehead atoms. The van der Waals surface area contributed by atoms with Crippen molar-refractivity contribution in [2.45, 2.75) is 45.4 Å². The monoisotopic (exact) mass is 397 g/mol. The lowest BCUT2D eigenvalue weighted by molar-refractivity contribution is -0.276. The average molecular weight is 397 g/mol. The summed E-state index contributed by atoms with van der Waals surface area (Å²) in [5.41, 5.74) is 0.283. The quantitative estimate of drug-likeness (QED) is 0.389. The van der Waals surface area contributed by atoms with Crippen molar-refractivity contribution in [3.05, 3.63) is 48.2 Å². The van der Waals surface area contributed by atoms with Gasteiger partial charge in [0.25, 0.3) is 0 Å². The molecule has 1 aromatic carbocycles. The van der Waals surface area contributed by atoms with Crippen LogP contribution in [-0.4, -0.2) is 23.9 Å². The number of hydrogen-bond donors (Lipinski definition) is 0. The summed E-state index contributed by atoms with van der Waals surface area (Å²) >= 11 is 0. The lowest BCUT2D eigenvalue weighted by atomic mass is 10.2. The van der Waals surface area contributed by atoms with Gasteiger partial charge in [0.2, 0.25) is 5.88 Å². The summed E-state index contributed by atoms with van der Waals surface area (Å²) in [5, 5.41) is 0. The van der Waals surface area contributed by atoms with E-state index in [1.807, 2.05) is 0 Å². The van der Waals surface area contributed by atoms with Crippen LogP contribution in [0.4, 0.5) is 13.2 Å². The highest BCUT2D eigenvalue weighted by Gasteiger charge is 2.31. The molecule has 152 valence electrons. The Hall–Kier alpha value is -2.77. The van der Waals surface area contributed by atoms with E-state index in [9.17, 15) is 18.0 Å². The smallest absolute Gasteiger partial charge is 0.494 e. The molecule has 0 aliphatic heterocycles. The van der Waals surface area contributed by atoms with Crippen molar-refractivity contribution in [2.24, 2.45) is 0 Å². The lowest BCUT2D eigenvalue weighted by Gasteiger charge is -2.09. The van der Waals surface area contributed by atoms with Crippen LogP contribution >= 0.6 is 0 Å². The van der Waals surface area contributed by atoms with Crippen molar-refractivity contribution in [1.29, 1.82) is 0 Å². The van der Waals surface area contributed by atoms with Crippen LogP contribution in [0.15, 0.2) is 42.6 Å². The molecule has 0 spiro atoms. The predicted octanol–water partition coefficient (Wildman–Crippen LogP) is 5.55. The van der Waals surface area contributed by atoms with Gasteiger partial charge in [-0.2, -0.15) is 0 Å². The van der Waals surface area contributed by atoms with Crippen molar-refractivity contribution in [3.8, 4) is 17.4 Å². The van der Waals surface area contributed by atoms with Gasteiger partial charge in [-0.15, -0.1) is 13.2 Å². The number of nitrogens with zero attached hydrogens (tertiary/aromatic N) is 1. The average Bonchev–Trinajstić information content (AvgIpc) is 2.65. The molecule has 0 unspecified atom stereocenters. The normalized spacial score (nSPS) is 11.1. The maximum atomic E-state index is 12.1. The number of alkyl halides is 3. The number of ether oxygens (including phenoxy) is 3. The van der Waals surface area contributed by atoms with Crippen molar-refractivity contribution in [2.75, 3.05) is 6.61 Å². The second-order valence-corrected chi connectivity index (χ2v) is 6.06. The first kappa shape index (κ1) is 21.5. The van der Waals surface area contributed by atoms with Crippen molar-refractivity contribution < 1.29 is 32.2 Å². The minimum absolute atomic E-state index is 0.00642. The molecule has 28 heavy (non-hydrogen) atoms. The molecule has 1 heterocycles. The number of halogens is 3. The zero-order valence-corrected chi connectivity index (χ0v) is 15.5. The largest absolute Gasteiger partial charge is 0.574 e. The van der Waals surface area contributed by atoms with Gasteiger partial charge in [0.05, 0.1) is 18.4 Å². The lowest BCUT2D eigenvalue weighted by Crippen LogP contribution is -2.17. The third-order valence-corrected chi connectivity index (χ3v) is 3.75. The summed E-state index contributed by atoms with van der Waals surface area (Å²) in [6.45, 7) is 2.78. The van der Waals surface area contributed by atoms with Gasteiger partial charge in [-0.25, -0.2) is 9.78 Å². The zero-order chi connectivity index (χ0) is 20.4. The summed E-state index contributed by atoms with van der Waals surface area (Å²) in [6, 6.07) is 8.59. The number of carbonyl (C=O) groups is 1. The van der Waals surface area contributed by atoms with E-state index in [2.05, 4.69) is 16.6 Å². The highest BCUT2D eigenvalue weighted by Crippen LogP contribution is 2.23. The fourth-order valence-corrected chi connectivity index (χ4v) is 2.35. The number of pyridine rings is 1. The van der Waals surface area contributed by atoms with Crippen LogP contribution < -0.4 is 14.2 Å². The first-order valence-electron chi connectivity index (χ1n) is 9.04. The van der Waals surface area contributed by atoms with Crippen LogP contribution in [-0.2, 0) is 0 Å². The summed E-state index contributed by atoms with van der Waals surface area (Å²) in [6.07, 6.45) is 1.87. The van der Waals surface area contributed by atoms with E-state index in [1.54, 1.807) is 24.3 Å². The number of rotatable bonds is 10. The van der Waals surface area contributed by atoms with E-state index in [0.717, 1.165) is 25.1 Å². The van der Waals surface area contributed by atoms with Crippen molar-refractivity contribution in [1.82, 2.24) is 4.98 Å². The number of carbonyl (C=O) groups excluding carboxylic acids is 1. The van der Waals surface area contributed by atoms with Crippen LogP contribution in [0.25, 0.3) is 0 Å². The van der Waals surface area contributed by atoms with Crippen molar-refractivity contribution >= 4 is 5.97 Å². The topological polar surface area (TPSA) is 57.7 Å². The summed E-state index contributed by atoms with van der Waals surface area (Å²) in [5.74, 6) is -0.629. The van der Waals surface area contributed by atoms with Gasteiger partial charge >= 0.3 is 12.3 Å². The number of unbranched alkanes of at least 4 members (excludes halogenated alkanes) is 4. The van der Waals surface area contributed by atoms with Crippen LogP contribution in [0, 0.1) is 0 Å². The number of benzene rings is 1. The van der Waals surface area contributed by atoms with Gasteiger partial charge in [-0.05, 0) is 36.8 Å². The molecular formula is C20H22F3NO4. The predicted molar refractivity (Wildman–Crippen MR) is 96.6 cm³/mol. The molecule has 0 N–H and O–H groups in total. The second-order valence-electron chi connectivity index (χ2n) is 6.06. The van der Waals surface area contributed by atoms with Gasteiger partial charge < -0.3 is 14.2 Å². The molecule has 0 fully saturated rings. The Bertz CT molecular complexity index is 731. The second kappa shape index (κ2) is 10.5. The molecule has 2 aromatic rings. The molecule has 1 aromatic heterocycles. The van der Waals surface area contributed by atoms with Gasteiger partial charge in [-0.1, -0.05) is 32.6 Å². The molecule has 0 saturated heterocycles. The minimum atomic E-state index is -4.83. The van der Waals surface area contributed by atoms with Gasteiger partial charge in [0, 0.05) is 6.07 Å². The van der Waals surface area contributed by atoms with Gasteiger partial charge in [0.1, 0.15) is 11.5 Å². The van der Waals surface area contributed by atoms with E-state index >= 15 is 0 Å².